The van der Waals surface area contributed by atoms with Crippen molar-refractivity contribution >= 4 is 16.0 Å². The molecule has 0 bridgehead atoms. The van der Waals surface area contributed by atoms with Crippen LogP contribution < -0.4 is 10.0 Å². The van der Waals surface area contributed by atoms with Crippen LogP contribution in [-0.2, 0) is 16.4 Å². The monoisotopic (exact) mass is 293 g/mol. The maximum Gasteiger partial charge on any atom is 0.243 e. The van der Waals surface area contributed by atoms with Crippen LogP contribution in [-0.4, -0.2) is 37.0 Å². The first-order valence-corrected chi connectivity index (χ1v) is 7.48. The minimum atomic E-state index is -3.57. The minimum absolute atomic E-state index is 0.0474. The van der Waals surface area contributed by atoms with Gasteiger partial charge in [-0.15, -0.1) is 0 Å². The molecule has 0 saturated heterocycles. The van der Waals surface area contributed by atoms with Crippen molar-refractivity contribution in [1.29, 1.82) is 0 Å². The molecule has 0 saturated carbocycles. The summed E-state index contributed by atoms with van der Waals surface area (Å²) in [7, 11) is -1.91. The van der Waals surface area contributed by atoms with E-state index in [1.807, 2.05) is 12.1 Å². The standard InChI is InChI=1S/C12H15N5O2S/c1-13-12-15-8-11(9-16-12)20(18,19)17-7-4-10-2-5-14-6-3-10/h2-3,5-6,8-9,17H,4,7H2,1H3,(H,13,15,16). The minimum Gasteiger partial charge on any atom is -0.357 e. The fourth-order valence-electron chi connectivity index (χ4n) is 1.55. The zero-order chi connectivity index (χ0) is 14.4. The van der Waals surface area contributed by atoms with Gasteiger partial charge in [-0.1, -0.05) is 0 Å². The van der Waals surface area contributed by atoms with E-state index in [1.165, 1.54) is 12.4 Å². The average Bonchev–Trinajstić information content (AvgIpc) is 2.48. The highest BCUT2D eigenvalue weighted by molar-refractivity contribution is 7.89. The van der Waals surface area contributed by atoms with Gasteiger partial charge in [0.15, 0.2) is 0 Å². The van der Waals surface area contributed by atoms with Crippen LogP contribution in [0.5, 0.6) is 0 Å². The molecule has 0 aliphatic rings. The van der Waals surface area contributed by atoms with Gasteiger partial charge in [0.1, 0.15) is 4.90 Å². The molecule has 20 heavy (non-hydrogen) atoms. The van der Waals surface area contributed by atoms with Gasteiger partial charge in [-0.2, -0.15) is 0 Å². The Morgan fingerprint density at radius 3 is 2.40 bits per heavy atom. The summed E-state index contributed by atoms with van der Waals surface area (Å²) in [5, 5.41) is 2.73. The summed E-state index contributed by atoms with van der Waals surface area (Å²) in [5.41, 5.74) is 1.02. The zero-order valence-corrected chi connectivity index (χ0v) is 11.8. The number of hydrogen-bond donors (Lipinski definition) is 2. The molecule has 2 heterocycles. The lowest BCUT2D eigenvalue weighted by molar-refractivity contribution is 0.580. The summed E-state index contributed by atoms with van der Waals surface area (Å²) in [5.74, 6) is 0.376. The van der Waals surface area contributed by atoms with E-state index in [1.54, 1.807) is 19.4 Å². The van der Waals surface area contributed by atoms with Gasteiger partial charge in [0.05, 0.1) is 12.4 Å². The number of anilines is 1. The van der Waals surface area contributed by atoms with E-state index in [4.69, 9.17) is 0 Å². The molecule has 106 valence electrons. The van der Waals surface area contributed by atoms with Crippen molar-refractivity contribution in [2.45, 2.75) is 11.3 Å². The predicted molar refractivity (Wildman–Crippen MR) is 74.7 cm³/mol. The van der Waals surface area contributed by atoms with Gasteiger partial charge in [0.25, 0.3) is 0 Å². The Morgan fingerprint density at radius 1 is 1.15 bits per heavy atom. The smallest absolute Gasteiger partial charge is 0.243 e. The Balaban J connectivity index is 1.96. The molecule has 2 N–H and O–H groups in total. The summed E-state index contributed by atoms with van der Waals surface area (Å²) < 4.78 is 26.5. The van der Waals surface area contributed by atoms with Crippen LogP contribution in [0.15, 0.2) is 41.8 Å². The van der Waals surface area contributed by atoms with Crippen molar-refractivity contribution in [3.63, 3.8) is 0 Å². The lowest BCUT2D eigenvalue weighted by Gasteiger charge is -2.06. The molecule has 0 unspecified atom stereocenters. The quantitative estimate of drug-likeness (QED) is 0.802. The molecule has 0 aromatic carbocycles. The number of pyridine rings is 1. The molecule has 2 aromatic heterocycles. The van der Waals surface area contributed by atoms with Crippen molar-refractivity contribution in [2.75, 3.05) is 18.9 Å². The van der Waals surface area contributed by atoms with Gasteiger partial charge >= 0.3 is 0 Å². The molecule has 0 aliphatic heterocycles. The molecule has 8 heteroatoms. The van der Waals surface area contributed by atoms with Crippen molar-refractivity contribution in [3.8, 4) is 0 Å². The highest BCUT2D eigenvalue weighted by Crippen LogP contribution is 2.07. The van der Waals surface area contributed by atoms with Crippen LogP contribution in [0, 0.1) is 0 Å². The SMILES string of the molecule is CNc1ncc(S(=O)(=O)NCCc2ccncc2)cn1. The maximum absolute atomic E-state index is 12.0. The zero-order valence-electron chi connectivity index (χ0n) is 10.9. The van der Waals surface area contributed by atoms with Crippen molar-refractivity contribution in [3.05, 3.63) is 42.5 Å². The fraction of sp³-hybridized carbons (Fsp3) is 0.250. The lowest BCUT2D eigenvalue weighted by atomic mass is 10.2. The fourth-order valence-corrected chi connectivity index (χ4v) is 2.47. The Hall–Kier alpha value is -2.06. The first-order chi connectivity index (χ1) is 9.62. The van der Waals surface area contributed by atoms with Crippen LogP contribution >= 0.6 is 0 Å². The van der Waals surface area contributed by atoms with Crippen LogP contribution in [0.25, 0.3) is 0 Å². The van der Waals surface area contributed by atoms with Crippen LogP contribution in [0.4, 0.5) is 5.95 Å². The third-order valence-electron chi connectivity index (χ3n) is 2.62. The molecule has 2 rings (SSSR count). The topological polar surface area (TPSA) is 96.9 Å². The average molecular weight is 293 g/mol. The Bertz CT molecular complexity index is 643. The Morgan fingerprint density at radius 2 is 1.80 bits per heavy atom. The van der Waals surface area contributed by atoms with Crippen LogP contribution in [0.3, 0.4) is 0 Å². The van der Waals surface area contributed by atoms with E-state index < -0.39 is 10.0 Å². The second kappa shape index (κ2) is 6.40. The highest BCUT2D eigenvalue weighted by Gasteiger charge is 2.14. The maximum atomic E-state index is 12.0. The largest absolute Gasteiger partial charge is 0.357 e. The second-order valence-corrected chi connectivity index (χ2v) is 5.76. The lowest BCUT2D eigenvalue weighted by Crippen LogP contribution is -2.26. The molecule has 0 radical (unpaired) electrons. The predicted octanol–water partition coefficient (Wildman–Crippen LogP) is 0.434. The van der Waals surface area contributed by atoms with E-state index in [2.05, 4.69) is 25.0 Å². The third-order valence-corrected chi connectivity index (χ3v) is 4.03. The first kappa shape index (κ1) is 14.4. The van der Waals surface area contributed by atoms with Crippen LogP contribution in [0.1, 0.15) is 5.56 Å². The number of aromatic nitrogens is 3. The van der Waals surface area contributed by atoms with Gasteiger partial charge in [0, 0.05) is 26.0 Å². The number of rotatable bonds is 6. The van der Waals surface area contributed by atoms with Gasteiger partial charge in [-0.3, -0.25) is 4.98 Å². The number of hydrogen-bond acceptors (Lipinski definition) is 6. The molecule has 0 atom stereocenters. The summed E-state index contributed by atoms with van der Waals surface area (Å²) in [6.07, 6.45) is 6.49. The summed E-state index contributed by atoms with van der Waals surface area (Å²) in [4.78, 5) is 11.7. The number of sulfonamides is 1. The first-order valence-electron chi connectivity index (χ1n) is 6.00. The van der Waals surface area contributed by atoms with Gasteiger partial charge in [-0.25, -0.2) is 23.1 Å². The Labute approximate surface area is 117 Å². The summed E-state index contributed by atoms with van der Waals surface area (Å²) >= 11 is 0. The van der Waals surface area contributed by atoms with E-state index in [0.717, 1.165) is 5.56 Å². The molecular weight excluding hydrogens is 278 g/mol. The van der Waals surface area contributed by atoms with E-state index in [0.29, 0.717) is 18.9 Å². The molecule has 0 spiro atoms. The molecule has 0 aliphatic carbocycles. The highest BCUT2D eigenvalue weighted by atomic mass is 32.2. The van der Waals surface area contributed by atoms with E-state index in [9.17, 15) is 8.42 Å². The van der Waals surface area contributed by atoms with Gasteiger partial charge in [-0.05, 0) is 24.1 Å². The third kappa shape index (κ3) is 3.72. The summed E-state index contributed by atoms with van der Waals surface area (Å²) in [6.45, 7) is 0.306. The van der Waals surface area contributed by atoms with Crippen molar-refractivity contribution < 1.29 is 8.42 Å². The number of nitrogens with one attached hydrogen (secondary N) is 2. The molecular formula is C12H15N5O2S. The van der Waals surface area contributed by atoms with E-state index >= 15 is 0 Å². The second-order valence-electron chi connectivity index (χ2n) is 4.00. The molecule has 7 nitrogen and oxygen atoms in total. The van der Waals surface area contributed by atoms with Crippen LogP contribution in [0.2, 0.25) is 0 Å². The molecule has 0 amide bonds. The van der Waals surface area contributed by atoms with Gasteiger partial charge in [0.2, 0.25) is 16.0 Å². The van der Waals surface area contributed by atoms with Crippen molar-refractivity contribution in [1.82, 2.24) is 19.7 Å². The Kier molecular flexibility index (Phi) is 4.59. The molecule has 0 fully saturated rings. The number of nitrogens with zero attached hydrogens (tertiary/aromatic N) is 3. The van der Waals surface area contributed by atoms with Crippen molar-refractivity contribution in [2.24, 2.45) is 0 Å². The molecule has 2 aromatic rings. The normalized spacial score (nSPS) is 11.2. The summed E-state index contributed by atoms with van der Waals surface area (Å²) in [6, 6.07) is 3.69. The van der Waals surface area contributed by atoms with E-state index in [-0.39, 0.29) is 4.90 Å². The van der Waals surface area contributed by atoms with Gasteiger partial charge < -0.3 is 5.32 Å².